The van der Waals surface area contributed by atoms with Crippen molar-refractivity contribution in [3.05, 3.63) is 41.2 Å². The van der Waals surface area contributed by atoms with Crippen LogP contribution in [-0.2, 0) is 12.6 Å². The van der Waals surface area contributed by atoms with E-state index >= 15 is 0 Å². The SMILES string of the molecule is Cc1ccc([C@@]2(O)C[C@@H](c3cn(C)nn3)N[C@@H](C)C2)c(O)c1. The van der Waals surface area contributed by atoms with Gasteiger partial charge in [0.05, 0.1) is 17.3 Å². The molecule has 0 radical (unpaired) electrons. The largest absolute Gasteiger partial charge is 0.508 e. The monoisotopic (exact) mass is 302 g/mol. The Kier molecular flexibility index (Phi) is 3.66. The Morgan fingerprint density at radius 3 is 2.77 bits per heavy atom. The van der Waals surface area contributed by atoms with Crippen LogP contribution in [0.3, 0.4) is 0 Å². The van der Waals surface area contributed by atoms with Gasteiger partial charge in [-0.15, -0.1) is 5.10 Å². The summed E-state index contributed by atoms with van der Waals surface area (Å²) in [4.78, 5) is 0. The van der Waals surface area contributed by atoms with E-state index < -0.39 is 5.60 Å². The number of nitrogens with zero attached hydrogens (tertiary/aromatic N) is 3. The summed E-state index contributed by atoms with van der Waals surface area (Å²) in [5, 5.41) is 33.0. The van der Waals surface area contributed by atoms with Crippen molar-refractivity contribution < 1.29 is 10.2 Å². The van der Waals surface area contributed by atoms with E-state index in [9.17, 15) is 10.2 Å². The van der Waals surface area contributed by atoms with Gasteiger partial charge in [0.2, 0.25) is 0 Å². The molecule has 2 aromatic rings. The molecule has 1 saturated heterocycles. The molecule has 0 spiro atoms. The van der Waals surface area contributed by atoms with Crippen molar-refractivity contribution in [1.82, 2.24) is 20.3 Å². The first-order valence-corrected chi connectivity index (χ1v) is 7.52. The molecule has 1 aliphatic heterocycles. The van der Waals surface area contributed by atoms with Gasteiger partial charge in [-0.3, -0.25) is 4.68 Å². The van der Waals surface area contributed by atoms with Gasteiger partial charge in [0.15, 0.2) is 0 Å². The van der Waals surface area contributed by atoms with Crippen molar-refractivity contribution in [2.75, 3.05) is 0 Å². The predicted molar refractivity (Wildman–Crippen MR) is 82.3 cm³/mol. The van der Waals surface area contributed by atoms with E-state index in [1.54, 1.807) is 10.7 Å². The maximum Gasteiger partial charge on any atom is 0.121 e. The number of phenolic OH excluding ortho intramolecular Hbond substituents is 1. The molecule has 0 aliphatic carbocycles. The summed E-state index contributed by atoms with van der Waals surface area (Å²) >= 11 is 0. The number of hydrogen-bond acceptors (Lipinski definition) is 5. The van der Waals surface area contributed by atoms with Crippen LogP contribution in [0.2, 0.25) is 0 Å². The van der Waals surface area contributed by atoms with Crippen LogP contribution < -0.4 is 5.32 Å². The number of aliphatic hydroxyl groups is 1. The maximum atomic E-state index is 11.2. The van der Waals surface area contributed by atoms with Crippen LogP contribution in [0.5, 0.6) is 5.75 Å². The molecule has 0 amide bonds. The molecule has 3 rings (SSSR count). The van der Waals surface area contributed by atoms with Crippen molar-refractivity contribution >= 4 is 0 Å². The van der Waals surface area contributed by atoms with Crippen molar-refractivity contribution in [2.24, 2.45) is 7.05 Å². The van der Waals surface area contributed by atoms with E-state index in [2.05, 4.69) is 15.6 Å². The zero-order valence-electron chi connectivity index (χ0n) is 13.1. The van der Waals surface area contributed by atoms with Crippen LogP contribution in [0, 0.1) is 6.92 Å². The summed E-state index contributed by atoms with van der Waals surface area (Å²) in [7, 11) is 1.82. The molecule has 0 unspecified atom stereocenters. The van der Waals surface area contributed by atoms with E-state index in [0.717, 1.165) is 11.3 Å². The Morgan fingerprint density at radius 1 is 1.36 bits per heavy atom. The molecular weight excluding hydrogens is 280 g/mol. The standard InChI is InChI=1S/C16H22N4O2/c1-10-4-5-12(15(21)6-10)16(22)7-11(2)17-13(8-16)14-9-20(3)19-18-14/h4-6,9,11,13,17,21-22H,7-8H2,1-3H3/t11-,13-,16-/m0/s1. The van der Waals surface area contributed by atoms with Crippen LogP contribution >= 0.6 is 0 Å². The van der Waals surface area contributed by atoms with E-state index in [0.29, 0.717) is 18.4 Å². The average Bonchev–Trinajstić information content (AvgIpc) is 2.84. The fraction of sp³-hybridized carbons (Fsp3) is 0.500. The highest BCUT2D eigenvalue weighted by Gasteiger charge is 2.41. The number of hydrogen-bond donors (Lipinski definition) is 3. The Bertz CT molecular complexity index is 685. The summed E-state index contributed by atoms with van der Waals surface area (Å²) in [6.07, 6.45) is 2.85. The van der Waals surface area contributed by atoms with Crippen molar-refractivity contribution in [1.29, 1.82) is 0 Å². The highest BCUT2D eigenvalue weighted by atomic mass is 16.3. The van der Waals surface area contributed by atoms with Crippen molar-refractivity contribution in [3.8, 4) is 5.75 Å². The Morgan fingerprint density at radius 2 is 2.14 bits per heavy atom. The van der Waals surface area contributed by atoms with Gasteiger partial charge in [-0.2, -0.15) is 0 Å². The van der Waals surface area contributed by atoms with Gasteiger partial charge < -0.3 is 15.5 Å². The number of piperidine rings is 1. The highest BCUT2D eigenvalue weighted by molar-refractivity contribution is 5.40. The second kappa shape index (κ2) is 5.37. The molecule has 1 aromatic heterocycles. The summed E-state index contributed by atoms with van der Waals surface area (Å²) in [6.45, 7) is 3.94. The number of nitrogens with one attached hydrogen (secondary N) is 1. The first-order valence-electron chi connectivity index (χ1n) is 7.52. The Hall–Kier alpha value is -1.92. The Labute approximate surface area is 129 Å². The number of benzene rings is 1. The zero-order chi connectivity index (χ0) is 15.9. The van der Waals surface area contributed by atoms with Gasteiger partial charge >= 0.3 is 0 Å². The summed E-state index contributed by atoms with van der Waals surface area (Å²) in [6, 6.07) is 5.43. The first kappa shape index (κ1) is 15.0. The van der Waals surface area contributed by atoms with E-state index in [1.165, 1.54) is 0 Å². The fourth-order valence-corrected chi connectivity index (χ4v) is 3.36. The molecule has 1 fully saturated rings. The molecule has 22 heavy (non-hydrogen) atoms. The van der Waals surface area contributed by atoms with Crippen LogP contribution in [0.25, 0.3) is 0 Å². The molecule has 0 bridgehead atoms. The summed E-state index contributed by atoms with van der Waals surface area (Å²) < 4.78 is 1.65. The van der Waals surface area contributed by atoms with Gasteiger partial charge in [-0.25, -0.2) is 0 Å². The quantitative estimate of drug-likeness (QED) is 0.783. The third-order valence-corrected chi connectivity index (χ3v) is 4.30. The molecule has 3 N–H and O–H groups in total. The summed E-state index contributed by atoms with van der Waals surface area (Å²) in [5.74, 6) is 0.148. The highest BCUT2D eigenvalue weighted by Crippen LogP contribution is 2.42. The van der Waals surface area contributed by atoms with Gasteiger partial charge in [-0.1, -0.05) is 17.3 Å². The van der Waals surface area contributed by atoms with E-state index in [-0.39, 0.29) is 17.8 Å². The lowest BCUT2D eigenvalue weighted by atomic mass is 9.78. The molecule has 118 valence electrons. The first-order chi connectivity index (χ1) is 10.4. The fourth-order valence-electron chi connectivity index (χ4n) is 3.36. The molecular formula is C16H22N4O2. The number of rotatable bonds is 2. The molecule has 0 saturated carbocycles. The minimum atomic E-state index is -1.08. The van der Waals surface area contributed by atoms with Gasteiger partial charge in [-0.05, 0) is 31.9 Å². The van der Waals surface area contributed by atoms with Gasteiger partial charge in [0.1, 0.15) is 5.75 Å². The van der Waals surface area contributed by atoms with E-state index in [1.807, 2.05) is 39.2 Å². The van der Waals surface area contributed by atoms with Crippen molar-refractivity contribution in [2.45, 2.75) is 44.4 Å². The summed E-state index contributed by atoms with van der Waals surface area (Å²) in [5.41, 5.74) is 1.28. The van der Waals surface area contributed by atoms with Crippen molar-refractivity contribution in [3.63, 3.8) is 0 Å². The third-order valence-electron chi connectivity index (χ3n) is 4.30. The Balaban J connectivity index is 1.95. The maximum absolute atomic E-state index is 11.2. The lowest BCUT2D eigenvalue weighted by Crippen LogP contribution is -2.47. The van der Waals surface area contributed by atoms with E-state index in [4.69, 9.17) is 0 Å². The topological polar surface area (TPSA) is 83.2 Å². The second-order valence-electron chi connectivity index (χ2n) is 6.40. The zero-order valence-corrected chi connectivity index (χ0v) is 13.1. The van der Waals surface area contributed by atoms with Gasteiger partial charge in [0.25, 0.3) is 0 Å². The second-order valence-corrected chi connectivity index (χ2v) is 6.40. The molecule has 2 heterocycles. The van der Waals surface area contributed by atoms with Crippen LogP contribution in [-0.4, -0.2) is 31.2 Å². The average molecular weight is 302 g/mol. The number of phenols is 1. The lowest BCUT2D eigenvalue weighted by Gasteiger charge is -2.41. The third kappa shape index (κ3) is 2.71. The molecule has 6 nitrogen and oxygen atoms in total. The number of aromatic hydroxyl groups is 1. The number of aromatic nitrogens is 3. The van der Waals surface area contributed by atoms with Crippen LogP contribution in [0.4, 0.5) is 0 Å². The minimum absolute atomic E-state index is 0.0943. The molecule has 6 heteroatoms. The minimum Gasteiger partial charge on any atom is -0.508 e. The predicted octanol–water partition coefficient (Wildman–Crippen LogP) is 1.53. The lowest BCUT2D eigenvalue weighted by molar-refractivity contribution is -0.0251. The molecule has 1 aliphatic rings. The van der Waals surface area contributed by atoms with Gasteiger partial charge in [0, 0.05) is 31.3 Å². The van der Waals surface area contributed by atoms with Crippen LogP contribution in [0.1, 0.15) is 42.6 Å². The normalized spacial score (nSPS) is 28.7. The number of aryl methyl sites for hydroxylation is 2. The molecule has 3 atom stereocenters. The van der Waals surface area contributed by atoms with Crippen LogP contribution in [0.15, 0.2) is 24.4 Å². The smallest absolute Gasteiger partial charge is 0.121 e. The molecule has 1 aromatic carbocycles.